The molecule has 3 rings (SSSR count). The number of sulfone groups is 1. The highest BCUT2D eigenvalue weighted by Gasteiger charge is 2.22. The quantitative estimate of drug-likeness (QED) is 0.678. The molecule has 27 heavy (non-hydrogen) atoms. The zero-order valence-electron chi connectivity index (χ0n) is 15.6. The molecule has 0 radical (unpaired) electrons. The molecule has 0 saturated carbocycles. The topological polar surface area (TPSA) is 68.2 Å². The van der Waals surface area contributed by atoms with Crippen LogP contribution in [0.2, 0.25) is 0 Å². The van der Waals surface area contributed by atoms with Gasteiger partial charge in [-0.25, -0.2) is 8.42 Å². The van der Waals surface area contributed by atoms with Crippen molar-refractivity contribution in [3.63, 3.8) is 0 Å². The molecule has 142 valence electrons. The molecule has 0 fully saturated rings. The number of carbonyl (C=O) groups excluding carboxylic acids is 1. The van der Waals surface area contributed by atoms with Crippen molar-refractivity contribution >= 4 is 26.6 Å². The number of carbonyl (C=O) groups is 1. The summed E-state index contributed by atoms with van der Waals surface area (Å²) in [4.78, 5) is 12.4. The van der Waals surface area contributed by atoms with Crippen LogP contribution in [0.1, 0.15) is 24.5 Å². The van der Waals surface area contributed by atoms with E-state index in [1.54, 1.807) is 16.8 Å². The maximum absolute atomic E-state index is 13.1. The molecule has 5 nitrogen and oxygen atoms in total. The molecule has 3 aromatic rings. The van der Waals surface area contributed by atoms with Crippen molar-refractivity contribution in [2.75, 3.05) is 6.54 Å². The van der Waals surface area contributed by atoms with E-state index in [4.69, 9.17) is 0 Å². The van der Waals surface area contributed by atoms with E-state index in [0.29, 0.717) is 11.9 Å². The average molecular weight is 385 g/mol. The van der Waals surface area contributed by atoms with Crippen LogP contribution in [-0.2, 0) is 26.9 Å². The van der Waals surface area contributed by atoms with E-state index < -0.39 is 9.84 Å². The zero-order chi connectivity index (χ0) is 19.4. The van der Waals surface area contributed by atoms with Crippen molar-refractivity contribution in [3.8, 4) is 0 Å². The van der Waals surface area contributed by atoms with Gasteiger partial charge in [-0.3, -0.25) is 4.79 Å². The van der Waals surface area contributed by atoms with Gasteiger partial charge < -0.3 is 9.88 Å². The third-order valence-electron chi connectivity index (χ3n) is 4.58. The Morgan fingerprint density at radius 3 is 2.52 bits per heavy atom. The Morgan fingerprint density at radius 1 is 1.07 bits per heavy atom. The number of amides is 1. The van der Waals surface area contributed by atoms with E-state index >= 15 is 0 Å². The fraction of sp³-hybridized carbons (Fsp3) is 0.286. The minimum absolute atomic E-state index is 0.0598. The molecule has 1 heterocycles. The number of para-hydroxylation sites is 1. The highest BCUT2D eigenvalue weighted by Crippen LogP contribution is 2.28. The lowest BCUT2D eigenvalue weighted by molar-refractivity contribution is -0.121. The average Bonchev–Trinajstić information content (AvgIpc) is 3.01. The van der Waals surface area contributed by atoms with Crippen LogP contribution in [0, 0.1) is 6.92 Å². The standard InChI is InChI=1S/C21H24N2O3S/c1-3-12-22-21(24)14-23-13-20(18-10-6-7-11-19(18)23)27(25,26)15-17-9-5-4-8-16(17)2/h4-11,13H,3,12,14-15H2,1-2H3,(H,22,24). The minimum Gasteiger partial charge on any atom is -0.355 e. The number of hydrogen-bond acceptors (Lipinski definition) is 3. The molecule has 0 unspecified atom stereocenters. The van der Waals surface area contributed by atoms with Gasteiger partial charge in [0, 0.05) is 23.6 Å². The van der Waals surface area contributed by atoms with E-state index in [-0.39, 0.29) is 23.1 Å². The maximum atomic E-state index is 13.1. The molecule has 0 aliphatic rings. The highest BCUT2D eigenvalue weighted by molar-refractivity contribution is 7.90. The van der Waals surface area contributed by atoms with E-state index in [1.165, 1.54) is 0 Å². The molecule has 0 saturated heterocycles. The Bertz CT molecular complexity index is 1070. The summed E-state index contributed by atoms with van der Waals surface area (Å²) >= 11 is 0. The van der Waals surface area contributed by atoms with Gasteiger partial charge in [0.2, 0.25) is 5.91 Å². The molecule has 2 aromatic carbocycles. The molecule has 0 aliphatic carbocycles. The number of aromatic nitrogens is 1. The molecule has 0 spiro atoms. The monoisotopic (exact) mass is 384 g/mol. The molecule has 6 heteroatoms. The van der Waals surface area contributed by atoms with Gasteiger partial charge in [0.25, 0.3) is 0 Å². The van der Waals surface area contributed by atoms with Crippen LogP contribution in [0.15, 0.2) is 59.6 Å². The summed E-state index contributed by atoms with van der Waals surface area (Å²) < 4.78 is 28.0. The van der Waals surface area contributed by atoms with Crippen molar-refractivity contribution in [2.45, 2.75) is 37.5 Å². The van der Waals surface area contributed by atoms with Gasteiger partial charge in [-0.1, -0.05) is 49.4 Å². The lowest BCUT2D eigenvalue weighted by Crippen LogP contribution is -2.27. The van der Waals surface area contributed by atoms with E-state index in [1.807, 2.05) is 56.3 Å². The summed E-state index contributed by atoms with van der Waals surface area (Å²) in [7, 11) is -3.55. The molecule has 1 N–H and O–H groups in total. The Morgan fingerprint density at radius 2 is 1.78 bits per heavy atom. The Balaban J connectivity index is 1.99. The fourth-order valence-electron chi connectivity index (χ4n) is 3.12. The Hall–Kier alpha value is -2.60. The number of fused-ring (bicyclic) bond motifs is 1. The maximum Gasteiger partial charge on any atom is 0.239 e. The van der Waals surface area contributed by atoms with Crippen molar-refractivity contribution in [1.82, 2.24) is 9.88 Å². The van der Waals surface area contributed by atoms with Gasteiger partial charge in [0.15, 0.2) is 9.84 Å². The number of aryl methyl sites for hydroxylation is 1. The van der Waals surface area contributed by atoms with Crippen molar-refractivity contribution in [3.05, 3.63) is 65.9 Å². The van der Waals surface area contributed by atoms with Crippen LogP contribution in [0.3, 0.4) is 0 Å². The first-order valence-electron chi connectivity index (χ1n) is 9.04. The van der Waals surface area contributed by atoms with Crippen LogP contribution in [-0.4, -0.2) is 25.4 Å². The lowest BCUT2D eigenvalue weighted by Gasteiger charge is -2.06. The van der Waals surface area contributed by atoms with Gasteiger partial charge in [0.1, 0.15) is 6.54 Å². The second-order valence-electron chi connectivity index (χ2n) is 6.67. The van der Waals surface area contributed by atoms with Crippen molar-refractivity contribution in [1.29, 1.82) is 0 Å². The fourth-order valence-corrected chi connectivity index (χ4v) is 4.81. The summed E-state index contributed by atoms with van der Waals surface area (Å²) in [6, 6.07) is 14.8. The highest BCUT2D eigenvalue weighted by atomic mass is 32.2. The van der Waals surface area contributed by atoms with E-state index in [0.717, 1.165) is 23.1 Å². The first kappa shape index (κ1) is 19.2. The first-order chi connectivity index (χ1) is 12.9. The second-order valence-corrected chi connectivity index (χ2v) is 8.63. The van der Waals surface area contributed by atoms with Crippen LogP contribution < -0.4 is 5.32 Å². The van der Waals surface area contributed by atoms with E-state index in [9.17, 15) is 13.2 Å². The summed E-state index contributed by atoms with van der Waals surface area (Å²) in [5.74, 6) is -0.184. The molecule has 1 aromatic heterocycles. The van der Waals surface area contributed by atoms with Crippen LogP contribution in [0.4, 0.5) is 0 Å². The SMILES string of the molecule is CCCNC(=O)Cn1cc(S(=O)(=O)Cc2ccccc2C)c2ccccc21. The van der Waals surface area contributed by atoms with Crippen LogP contribution in [0.5, 0.6) is 0 Å². The van der Waals surface area contributed by atoms with Gasteiger partial charge in [-0.15, -0.1) is 0 Å². The molecule has 0 atom stereocenters. The summed E-state index contributed by atoms with van der Waals surface area (Å²) in [6.45, 7) is 4.60. The molecular weight excluding hydrogens is 360 g/mol. The van der Waals surface area contributed by atoms with Gasteiger partial charge in [0.05, 0.1) is 10.6 Å². The van der Waals surface area contributed by atoms with Crippen LogP contribution in [0.25, 0.3) is 10.9 Å². The Kier molecular flexibility index (Phi) is 5.65. The number of benzene rings is 2. The molecule has 0 aliphatic heterocycles. The zero-order valence-corrected chi connectivity index (χ0v) is 16.4. The normalized spacial score (nSPS) is 11.6. The number of hydrogen-bond donors (Lipinski definition) is 1. The second kappa shape index (κ2) is 7.96. The van der Waals surface area contributed by atoms with Crippen molar-refractivity contribution < 1.29 is 13.2 Å². The van der Waals surface area contributed by atoms with Crippen molar-refractivity contribution in [2.24, 2.45) is 0 Å². The summed E-state index contributed by atoms with van der Waals surface area (Å²) in [6.07, 6.45) is 2.44. The predicted molar refractivity (Wildman–Crippen MR) is 107 cm³/mol. The number of nitrogens with one attached hydrogen (secondary N) is 1. The third-order valence-corrected chi connectivity index (χ3v) is 6.27. The summed E-state index contributed by atoms with van der Waals surface area (Å²) in [5, 5.41) is 3.48. The molecule has 0 bridgehead atoms. The predicted octanol–water partition coefficient (Wildman–Crippen LogP) is 3.45. The molecule has 1 amide bonds. The Labute approximate surface area is 159 Å². The number of rotatable bonds is 7. The molecular formula is C21H24N2O3S. The van der Waals surface area contributed by atoms with E-state index in [2.05, 4.69) is 5.32 Å². The minimum atomic E-state index is -3.55. The third kappa shape index (κ3) is 4.22. The first-order valence-corrected chi connectivity index (χ1v) is 10.7. The smallest absolute Gasteiger partial charge is 0.239 e. The van der Waals surface area contributed by atoms with Gasteiger partial charge in [-0.05, 0) is 30.5 Å². The van der Waals surface area contributed by atoms with Gasteiger partial charge >= 0.3 is 0 Å². The summed E-state index contributed by atoms with van der Waals surface area (Å²) in [5.41, 5.74) is 2.48. The lowest BCUT2D eigenvalue weighted by atomic mass is 10.1. The number of nitrogens with zero attached hydrogens (tertiary/aromatic N) is 1. The van der Waals surface area contributed by atoms with Crippen LogP contribution >= 0.6 is 0 Å². The van der Waals surface area contributed by atoms with Gasteiger partial charge in [-0.2, -0.15) is 0 Å². The largest absolute Gasteiger partial charge is 0.355 e.